The monoisotopic (exact) mass is 230 g/mol. The Morgan fingerprint density at radius 1 is 0.500 bits per heavy atom. The zero-order chi connectivity index (χ0) is 11.3. The van der Waals surface area contributed by atoms with Crippen LogP contribution in [0.25, 0.3) is 0 Å². The molecule has 0 aliphatic carbocycles. The summed E-state index contributed by atoms with van der Waals surface area (Å²) in [5.74, 6) is 0. The molecule has 0 aliphatic rings. The summed E-state index contributed by atoms with van der Waals surface area (Å²) in [6.07, 6.45) is 3.25. The fourth-order valence-electron chi connectivity index (χ4n) is 0.839. The van der Waals surface area contributed by atoms with Crippen molar-refractivity contribution in [2.24, 2.45) is 0 Å². The lowest BCUT2D eigenvalue weighted by Crippen LogP contribution is -1.47. The van der Waals surface area contributed by atoms with Gasteiger partial charge in [-0.25, -0.2) is 0 Å². The standard InChI is InChI=1S/C6H6.C4H4O.C4H4S/c1-2-4-6-5-3-1;2*1-2-4-5-3-1/h1-6H;2*1-4H. The van der Waals surface area contributed by atoms with Crippen LogP contribution in [0.1, 0.15) is 0 Å². The van der Waals surface area contributed by atoms with Crippen LogP contribution in [0.2, 0.25) is 0 Å². The molecule has 16 heavy (non-hydrogen) atoms. The summed E-state index contributed by atoms with van der Waals surface area (Å²) in [6, 6.07) is 19.7. The highest BCUT2D eigenvalue weighted by Gasteiger charge is 1.59. The molecule has 0 saturated heterocycles. The second kappa shape index (κ2) is 9.74. The molecule has 82 valence electrons. The molecule has 1 nitrogen and oxygen atoms in total. The summed E-state index contributed by atoms with van der Waals surface area (Å²) in [5.41, 5.74) is 0. The van der Waals surface area contributed by atoms with Gasteiger partial charge in [0, 0.05) is 0 Å². The summed E-state index contributed by atoms with van der Waals surface area (Å²) in [4.78, 5) is 0. The molecule has 0 N–H and O–H groups in total. The Bertz CT molecular complexity index is 302. The van der Waals surface area contributed by atoms with Crippen molar-refractivity contribution < 1.29 is 4.42 Å². The van der Waals surface area contributed by atoms with Gasteiger partial charge in [-0.15, -0.1) is 0 Å². The lowest BCUT2D eigenvalue weighted by molar-refractivity contribution is 0.567. The quantitative estimate of drug-likeness (QED) is 0.545. The fraction of sp³-hybridized carbons (Fsp3) is 0. The van der Waals surface area contributed by atoms with Crippen LogP contribution >= 0.6 is 11.3 Å². The highest BCUT2D eigenvalue weighted by Crippen LogP contribution is 1.91. The second-order valence-electron chi connectivity index (χ2n) is 2.74. The van der Waals surface area contributed by atoms with Crippen molar-refractivity contribution in [1.29, 1.82) is 0 Å². The van der Waals surface area contributed by atoms with Gasteiger partial charge in [0.05, 0.1) is 12.5 Å². The summed E-state index contributed by atoms with van der Waals surface area (Å²) in [5, 5.41) is 4.08. The molecule has 0 aliphatic heterocycles. The van der Waals surface area contributed by atoms with Crippen LogP contribution in [0.5, 0.6) is 0 Å². The highest BCUT2D eigenvalue weighted by molar-refractivity contribution is 7.07. The van der Waals surface area contributed by atoms with Gasteiger partial charge < -0.3 is 4.42 Å². The third-order valence-electron chi connectivity index (χ3n) is 1.52. The Morgan fingerprint density at radius 3 is 1.12 bits per heavy atom. The van der Waals surface area contributed by atoms with Crippen LogP contribution in [0, 0.1) is 0 Å². The number of hydrogen-bond acceptors (Lipinski definition) is 2. The Hall–Kier alpha value is -1.80. The van der Waals surface area contributed by atoms with Crippen molar-refractivity contribution in [3.8, 4) is 0 Å². The minimum atomic E-state index is 1.62. The van der Waals surface area contributed by atoms with E-state index in [-0.39, 0.29) is 0 Å². The largest absolute Gasteiger partial charge is 0.473 e. The number of hydrogen-bond donors (Lipinski definition) is 0. The van der Waals surface area contributed by atoms with Gasteiger partial charge in [-0.3, -0.25) is 0 Å². The van der Waals surface area contributed by atoms with Crippen LogP contribution in [-0.4, -0.2) is 0 Å². The molecule has 2 heteroatoms. The molecule has 0 fully saturated rings. The molecule has 3 aromatic rings. The molecule has 0 radical (unpaired) electrons. The summed E-state index contributed by atoms with van der Waals surface area (Å²) >= 11 is 1.71. The first kappa shape index (κ1) is 12.3. The van der Waals surface area contributed by atoms with Gasteiger partial charge >= 0.3 is 0 Å². The van der Waals surface area contributed by atoms with Crippen LogP contribution in [-0.2, 0) is 0 Å². The Morgan fingerprint density at radius 2 is 0.938 bits per heavy atom. The second-order valence-corrected chi connectivity index (χ2v) is 3.56. The van der Waals surface area contributed by atoms with E-state index in [1.54, 1.807) is 23.9 Å². The summed E-state index contributed by atoms with van der Waals surface area (Å²) in [6.45, 7) is 0. The van der Waals surface area contributed by atoms with Crippen LogP contribution in [0.4, 0.5) is 0 Å². The van der Waals surface area contributed by atoms with Crippen molar-refractivity contribution in [3.05, 3.63) is 84.0 Å². The van der Waals surface area contributed by atoms with Crippen LogP contribution in [0.3, 0.4) is 0 Å². The van der Waals surface area contributed by atoms with E-state index in [1.165, 1.54) is 0 Å². The van der Waals surface area contributed by atoms with Gasteiger partial charge in [-0.1, -0.05) is 48.5 Å². The molecule has 0 amide bonds. The molecule has 0 atom stereocenters. The van der Waals surface area contributed by atoms with Gasteiger partial charge in [0.1, 0.15) is 0 Å². The molecule has 2 aromatic heterocycles. The maximum Gasteiger partial charge on any atom is 0.0902 e. The molecular formula is C14H14OS. The van der Waals surface area contributed by atoms with E-state index >= 15 is 0 Å². The van der Waals surface area contributed by atoms with E-state index in [9.17, 15) is 0 Å². The number of furan rings is 1. The predicted molar refractivity (Wildman–Crippen MR) is 69.5 cm³/mol. The Labute approximate surface area is 100.0 Å². The highest BCUT2D eigenvalue weighted by atomic mass is 32.1. The lowest BCUT2D eigenvalue weighted by atomic mass is 10.4. The van der Waals surface area contributed by atoms with E-state index in [2.05, 4.69) is 4.42 Å². The molecular weight excluding hydrogens is 216 g/mol. The predicted octanol–water partition coefficient (Wildman–Crippen LogP) is 4.71. The third-order valence-corrected chi connectivity index (χ3v) is 2.15. The maximum absolute atomic E-state index is 4.58. The zero-order valence-electron chi connectivity index (χ0n) is 8.90. The SMILES string of the molecule is c1ccccc1.c1ccoc1.c1ccsc1. The molecule has 1 aromatic carbocycles. The maximum atomic E-state index is 4.58. The van der Waals surface area contributed by atoms with E-state index in [1.807, 2.05) is 71.4 Å². The first-order chi connectivity index (χ1) is 8.00. The van der Waals surface area contributed by atoms with Crippen molar-refractivity contribution in [2.75, 3.05) is 0 Å². The topological polar surface area (TPSA) is 13.1 Å². The molecule has 0 bridgehead atoms. The number of thiophene rings is 1. The molecule has 0 unspecified atom stereocenters. The zero-order valence-corrected chi connectivity index (χ0v) is 9.72. The van der Waals surface area contributed by atoms with Gasteiger partial charge in [0.15, 0.2) is 0 Å². The molecule has 3 rings (SSSR count). The van der Waals surface area contributed by atoms with E-state index in [4.69, 9.17) is 0 Å². The van der Waals surface area contributed by atoms with E-state index in [0.717, 1.165) is 0 Å². The smallest absolute Gasteiger partial charge is 0.0902 e. The van der Waals surface area contributed by atoms with Gasteiger partial charge in [0.25, 0.3) is 0 Å². The molecule has 2 heterocycles. The van der Waals surface area contributed by atoms with Crippen molar-refractivity contribution in [3.63, 3.8) is 0 Å². The van der Waals surface area contributed by atoms with Crippen molar-refractivity contribution in [1.82, 2.24) is 0 Å². The van der Waals surface area contributed by atoms with Gasteiger partial charge in [0.2, 0.25) is 0 Å². The van der Waals surface area contributed by atoms with E-state index < -0.39 is 0 Å². The van der Waals surface area contributed by atoms with Gasteiger partial charge in [-0.05, 0) is 22.9 Å². The molecule has 0 saturated carbocycles. The Kier molecular flexibility index (Phi) is 7.47. The lowest BCUT2D eigenvalue weighted by Gasteiger charge is -1.69. The van der Waals surface area contributed by atoms with E-state index in [0.29, 0.717) is 0 Å². The third kappa shape index (κ3) is 7.59. The first-order valence-electron chi connectivity index (χ1n) is 4.94. The number of benzene rings is 1. The van der Waals surface area contributed by atoms with Crippen LogP contribution < -0.4 is 0 Å². The summed E-state index contributed by atoms with van der Waals surface area (Å²) < 4.78 is 4.58. The minimum absolute atomic E-state index is 1.62. The van der Waals surface area contributed by atoms with Crippen LogP contribution in [0.15, 0.2) is 88.4 Å². The number of rotatable bonds is 0. The summed E-state index contributed by atoms with van der Waals surface area (Å²) in [7, 11) is 0. The average molecular weight is 230 g/mol. The van der Waals surface area contributed by atoms with Gasteiger partial charge in [-0.2, -0.15) is 11.3 Å². The minimum Gasteiger partial charge on any atom is -0.473 e. The van der Waals surface area contributed by atoms with Crippen molar-refractivity contribution in [2.45, 2.75) is 0 Å². The molecule has 0 spiro atoms. The fourth-order valence-corrected chi connectivity index (χ4v) is 1.29. The Balaban J connectivity index is 0.000000121. The average Bonchev–Trinajstić information content (AvgIpc) is 3.10. The first-order valence-corrected chi connectivity index (χ1v) is 5.89. The van der Waals surface area contributed by atoms with Crippen molar-refractivity contribution >= 4 is 11.3 Å². The normalized spacial score (nSPS) is 8.00.